The first-order valence-electron chi connectivity index (χ1n) is 11.3. The van der Waals surface area contributed by atoms with Gasteiger partial charge < -0.3 is 25.3 Å². The van der Waals surface area contributed by atoms with Crippen molar-refractivity contribution in [3.05, 3.63) is 28.2 Å². The Balaban J connectivity index is 1.28. The zero-order valence-corrected chi connectivity index (χ0v) is 20.3. The molecule has 0 saturated carbocycles. The molecule has 0 spiro atoms. The van der Waals surface area contributed by atoms with Crippen molar-refractivity contribution in [3.8, 4) is 0 Å². The number of ether oxygens (including phenoxy) is 3. The summed E-state index contributed by atoms with van der Waals surface area (Å²) < 4.78 is 16.6. The summed E-state index contributed by atoms with van der Waals surface area (Å²) in [6, 6.07) is 5.37. The Kier molecular flexibility index (Phi) is 11.1. The van der Waals surface area contributed by atoms with Crippen LogP contribution in [0.5, 0.6) is 0 Å². The molecule has 0 radical (unpaired) electrons. The number of hydrogen-bond donors (Lipinski definition) is 2. The predicted molar refractivity (Wildman–Crippen MR) is 130 cm³/mol. The normalized spacial score (nSPS) is 17.4. The average Bonchev–Trinajstić information content (AvgIpc) is 3.27. The van der Waals surface area contributed by atoms with E-state index in [1.54, 1.807) is 12.1 Å². The molecule has 1 aromatic rings. The molecule has 2 aliphatic rings. The number of halogens is 2. The molecule has 1 amide bonds. The third-order valence-electron chi connectivity index (χ3n) is 5.40. The van der Waals surface area contributed by atoms with Crippen LogP contribution in [0.25, 0.3) is 0 Å². The number of likely N-dealkylation sites (tertiary alicyclic amines) is 1. The van der Waals surface area contributed by atoms with Crippen LogP contribution in [0.4, 0.5) is 5.69 Å². The molecule has 0 aromatic heterocycles. The van der Waals surface area contributed by atoms with Crippen molar-refractivity contribution in [2.45, 2.75) is 25.4 Å². The smallest absolute Gasteiger partial charge is 0.239 e. The number of nitrogens with two attached hydrogens (primary N) is 1. The molecule has 33 heavy (non-hydrogen) atoms. The molecule has 9 nitrogen and oxygen atoms in total. The molecule has 184 valence electrons. The molecule has 0 bridgehead atoms. The largest absolute Gasteiger partial charge is 0.378 e. The summed E-state index contributed by atoms with van der Waals surface area (Å²) in [7, 11) is 0. The molecule has 3 N–H and O–H groups in total. The molecular weight excluding hydrogens is 469 g/mol. The van der Waals surface area contributed by atoms with Crippen LogP contribution in [0.3, 0.4) is 0 Å². The van der Waals surface area contributed by atoms with Gasteiger partial charge in [0, 0.05) is 32.6 Å². The Labute approximate surface area is 205 Å². The van der Waals surface area contributed by atoms with Gasteiger partial charge in [-0.2, -0.15) is 5.10 Å². The zero-order chi connectivity index (χ0) is 23.5. The number of amidine groups is 1. The number of anilines is 1. The van der Waals surface area contributed by atoms with Gasteiger partial charge in [-0.25, -0.2) is 0 Å². The lowest BCUT2D eigenvalue weighted by Gasteiger charge is -2.31. The van der Waals surface area contributed by atoms with E-state index in [0.717, 1.165) is 31.6 Å². The van der Waals surface area contributed by atoms with Gasteiger partial charge in [-0.1, -0.05) is 23.2 Å². The van der Waals surface area contributed by atoms with Crippen LogP contribution >= 0.6 is 23.2 Å². The molecule has 3 rings (SSSR count). The highest BCUT2D eigenvalue weighted by molar-refractivity contribution is 6.42. The van der Waals surface area contributed by atoms with Crippen molar-refractivity contribution in [1.82, 2.24) is 10.2 Å². The first-order chi connectivity index (χ1) is 16.0. The van der Waals surface area contributed by atoms with Gasteiger partial charge in [0.1, 0.15) is 5.84 Å². The van der Waals surface area contributed by atoms with E-state index in [4.69, 9.17) is 43.1 Å². The Morgan fingerprint density at radius 2 is 1.79 bits per heavy atom. The molecular formula is C22H33Cl2N5O4. The van der Waals surface area contributed by atoms with Crippen molar-refractivity contribution in [3.63, 3.8) is 0 Å². The van der Waals surface area contributed by atoms with E-state index < -0.39 is 0 Å². The van der Waals surface area contributed by atoms with Crippen LogP contribution in [-0.4, -0.2) is 88.5 Å². The Bertz CT molecular complexity index is 790. The molecule has 0 unspecified atom stereocenters. The highest BCUT2D eigenvalue weighted by Gasteiger charge is 2.23. The van der Waals surface area contributed by atoms with E-state index in [9.17, 15) is 4.79 Å². The van der Waals surface area contributed by atoms with Crippen LogP contribution in [0.1, 0.15) is 19.3 Å². The summed E-state index contributed by atoms with van der Waals surface area (Å²) in [6.07, 6.45) is 2.68. The second kappa shape index (κ2) is 14.1. The monoisotopic (exact) mass is 501 g/mol. The maximum absolute atomic E-state index is 12.5. The number of amides is 1. The number of hydrogen-bond acceptors (Lipinski definition) is 8. The summed E-state index contributed by atoms with van der Waals surface area (Å²) in [5.74, 6) is 0.618. The number of carbonyl (C=O) groups excluding carboxylic acids is 1. The quantitative estimate of drug-likeness (QED) is 0.422. The number of rotatable bonds is 12. The lowest BCUT2D eigenvalue weighted by molar-refractivity contribution is -0.121. The van der Waals surface area contributed by atoms with Gasteiger partial charge in [0.05, 0.1) is 61.4 Å². The molecule has 1 aromatic carbocycles. The fourth-order valence-corrected chi connectivity index (χ4v) is 3.99. The van der Waals surface area contributed by atoms with E-state index in [1.165, 1.54) is 0 Å². The molecule has 2 aliphatic heterocycles. The van der Waals surface area contributed by atoms with Crippen LogP contribution in [0.15, 0.2) is 23.3 Å². The third kappa shape index (κ3) is 9.01. The second-order valence-electron chi connectivity index (χ2n) is 7.93. The topological polar surface area (TPSA) is 102 Å². The van der Waals surface area contributed by atoms with Gasteiger partial charge in [0.2, 0.25) is 5.91 Å². The SMILES string of the molecule is NCCOCCOCCOC1CCN(CC(=O)NC2=NN(c3ccc(Cl)c(Cl)c3)CC2)CC1. The fourth-order valence-electron chi connectivity index (χ4n) is 3.69. The van der Waals surface area contributed by atoms with Gasteiger partial charge in [-0.15, -0.1) is 0 Å². The van der Waals surface area contributed by atoms with Crippen LogP contribution < -0.4 is 16.1 Å². The van der Waals surface area contributed by atoms with Gasteiger partial charge in [0.15, 0.2) is 0 Å². The lowest BCUT2D eigenvalue weighted by atomic mass is 10.1. The summed E-state index contributed by atoms with van der Waals surface area (Å²) in [4.78, 5) is 14.6. The molecule has 0 atom stereocenters. The van der Waals surface area contributed by atoms with Crippen molar-refractivity contribution in [2.75, 3.05) is 70.8 Å². The third-order valence-corrected chi connectivity index (χ3v) is 6.14. The first kappa shape index (κ1) is 26.2. The van der Waals surface area contributed by atoms with E-state index in [-0.39, 0.29) is 12.0 Å². The van der Waals surface area contributed by atoms with E-state index >= 15 is 0 Å². The molecule has 1 saturated heterocycles. The second-order valence-corrected chi connectivity index (χ2v) is 8.74. The molecule has 11 heteroatoms. The minimum Gasteiger partial charge on any atom is -0.378 e. The number of piperidine rings is 1. The summed E-state index contributed by atoms with van der Waals surface area (Å²) in [6.45, 7) is 5.99. The van der Waals surface area contributed by atoms with Crippen molar-refractivity contribution in [1.29, 1.82) is 0 Å². The summed E-state index contributed by atoms with van der Waals surface area (Å²) in [5, 5.41) is 10.2. The highest BCUT2D eigenvalue weighted by Crippen LogP contribution is 2.28. The molecule has 0 aliphatic carbocycles. The van der Waals surface area contributed by atoms with Crippen LogP contribution in [0.2, 0.25) is 10.0 Å². The number of benzene rings is 1. The molecule has 1 fully saturated rings. The van der Waals surface area contributed by atoms with E-state index in [1.807, 2.05) is 11.1 Å². The molecule has 2 heterocycles. The number of nitrogens with zero attached hydrogens (tertiary/aromatic N) is 3. The van der Waals surface area contributed by atoms with Gasteiger partial charge in [0.25, 0.3) is 0 Å². The number of hydrazone groups is 1. The predicted octanol–water partition coefficient (Wildman–Crippen LogP) is 2.11. The standard InChI is InChI=1S/C22H33Cl2N5O4/c23-19-2-1-17(15-20(19)24)29-9-5-21(27-29)26-22(30)16-28-7-3-18(4-8-28)33-14-13-32-12-11-31-10-6-25/h1-2,15,18H,3-14,16,25H2,(H,26,27,30). The van der Waals surface area contributed by atoms with Crippen molar-refractivity contribution >= 4 is 40.6 Å². The van der Waals surface area contributed by atoms with Gasteiger partial charge in [-0.05, 0) is 31.0 Å². The minimum absolute atomic E-state index is 0.0469. The van der Waals surface area contributed by atoms with Gasteiger partial charge in [-0.3, -0.25) is 14.7 Å². The summed E-state index contributed by atoms with van der Waals surface area (Å²) in [5.41, 5.74) is 6.20. The lowest BCUT2D eigenvalue weighted by Crippen LogP contribution is -2.44. The maximum atomic E-state index is 12.5. The Morgan fingerprint density at radius 3 is 2.52 bits per heavy atom. The fraction of sp³-hybridized carbons (Fsp3) is 0.636. The minimum atomic E-state index is -0.0469. The zero-order valence-electron chi connectivity index (χ0n) is 18.8. The number of nitrogens with one attached hydrogen (secondary N) is 1. The van der Waals surface area contributed by atoms with E-state index in [2.05, 4.69) is 15.3 Å². The number of carbonyl (C=O) groups is 1. The highest BCUT2D eigenvalue weighted by atomic mass is 35.5. The first-order valence-corrected chi connectivity index (χ1v) is 12.1. The van der Waals surface area contributed by atoms with E-state index in [0.29, 0.717) is 75.0 Å². The van der Waals surface area contributed by atoms with Gasteiger partial charge >= 0.3 is 0 Å². The Morgan fingerprint density at radius 1 is 1.06 bits per heavy atom. The Hall–Kier alpha value is -1.46. The van der Waals surface area contributed by atoms with Crippen molar-refractivity contribution in [2.24, 2.45) is 10.8 Å². The van der Waals surface area contributed by atoms with Crippen LogP contribution in [0, 0.1) is 0 Å². The average molecular weight is 502 g/mol. The van der Waals surface area contributed by atoms with Crippen molar-refractivity contribution < 1.29 is 19.0 Å². The maximum Gasteiger partial charge on any atom is 0.239 e. The van der Waals surface area contributed by atoms with Crippen LogP contribution in [-0.2, 0) is 19.0 Å². The summed E-state index contributed by atoms with van der Waals surface area (Å²) >= 11 is 12.1.